The number of guanidine groups is 1. The van der Waals surface area contributed by atoms with Crippen LogP contribution in [-0.4, -0.2) is 81.2 Å². The van der Waals surface area contributed by atoms with Crippen molar-refractivity contribution in [2.45, 2.75) is 200 Å². The Morgan fingerprint density at radius 2 is 1.04 bits per heavy atom. The molecule has 0 heterocycles. The van der Waals surface area contributed by atoms with Crippen LogP contribution in [0, 0.1) is 11.5 Å². The Labute approximate surface area is 311 Å². The largest absolute Gasteiger partial charge is 0.462 e. The molecule has 8 nitrogen and oxygen atoms in total. The minimum absolute atomic E-state index is 0.0292. The number of likely N-dealkylation sites (N-methyl/N-ethyl adjacent to an activating group) is 1. The van der Waals surface area contributed by atoms with Crippen LogP contribution in [0.25, 0.3) is 0 Å². The van der Waals surface area contributed by atoms with E-state index in [0.717, 1.165) is 71.4 Å². The van der Waals surface area contributed by atoms with E-state index in [9.17, 15) is 4.79 Å². The van der Waals surface area contributed by atoms with Crippen molar-refractivity contribution < 1.29 is 9.53 Å². The zero-order valence-corrected chi connectivity index (χ0v) is 34.0. The molecule has 0 amide bonds. The Morgan fingerprint density at radius 1 is 0.600 bits per heavy atom. The lowest BCUT2D eigenvalue weighted by molar-refractivity contribution is -0.150. The molecule has 0 saturated heterocycles. The number of nitrogens with one attached hydrogen (secondary N) is 2. The van der Waals surface area contributed by atoms with E-state index in [4.69, 9.17) is 10.00 Å². The maximum Gasteiger partial charge on any atom is 0.306 e. The quantitative estimate of drug-likeness (QED) is 0.0219. The highest BCUT2D eigenvalue weighted by Crippen LogP contribution is 2.18. The molecular formula is C42H84N6O2. The van der Waals surface area contributed by atoms with Crippen LogP contribution in [0.3, 0.4) is 0 Å². The van der Waals surface area contributed by atoms with Gasteiger partial charge in [-0.1, -0.05) is 136 Å². The summed E-state index contributed by atoms with van der Waals surface area (Å²) in [4.78, 5) is 21.4. The van der Waals surface area contributed by atoms with Gasteiger partial charge in [-0.05, 0) is 85.1 Å². The van der Waals surface area contributed by atoms with Crippen molar-refractivity contribution in [1.82, 2.24) is 20.4 Å². The molecule has 0 aliphatic heterocycles. The number of hydrogen-bond donors (Lipinski definition) is 2. The van der Waals surface area contributed by atoms with Crippen molar-refractivity contribution in [3.8, 4) is 6.19 Å². The number of rotatable bonds is 37. The van der Waals surface area contributed by atoms with E-state index in [1.807, 2.05) is 20.3 Å². The van der Waals surface area contributed by atoms with E-state index in [2.05, 4.69) is 46.2 Å². The SMILES string of the molecule is CCCCCCCCC(CCCCCCCC)OC(=O)CCCCCCCN(CCCCCCCC)CCCN/C(=N/C#N)NCCN(C)C. The lowest BCUT2D eigenvalue weighted by Crippen LogP contribution is -2.41. The molecule has 294 valence electrons. The molecule has 0 saturated carbocycles. The molecule has 0 aromatic heterocycles. The number of nitrogens with zero attached hydrogens (tertiary/aromatic N) is 4. The standard InChI is InChI=1S/C42H84N6O2/c1-6-9-12-15-19-24-30-40(31-25-20-16-13-10-7-2)50-41(49)32-26-21-18-23-28-36-48(35-27-22-17-14-11-8-3)37-29-33-44-42(46-39-43)45-34-38-47(4)5/h40H,6-38H2,1-5H3,(H2,44,45,46). The number of hydrogen-bond acceptors (Lipinski definition) is 6. The third-order valence-electron chi connectivity index (χ3n) is 9.70. The first-order chi connectivity index (χ1) is 24.5. The number of esters is 1. The van der Waals surface area contributed by atoms with Crippen molar-refractivity contribution in [2.75, 3.05) is 53.4 Å². The summed E-state index contributed by atoms with van der Waals surface area (Å²) in [6.07, 6.45) is 34.8. The van der Waals surface area contributed by atoms with E-state index < -0.39 is 0 Å². The third kappa shape index (κ3) is 34.6. The van der Waals surface area contributed by atoms with Gasteiger partial charge in [-0.15, -0.1) is 4.99 Å². The monoisotopic (exact) mass is 705 g/mol. The van der Waals surface area contributed by atoms with Crippen molar-refractivity contribution in [1.29, 1.82) is 5.26 Å². The lowest BCUT2D eigenvalue weighted by atomic mass is 10.0. The Bertz CT molecular complexity index is 784. The number of unbranched alkanes of at least 4 members (excludes halogenated alkanes) is 19. The predicted molar refractivity (Wildman–Crippen MR) is 216 cm³/mol. The first-order valence-electron chi connectivity index (χ1n) is 21.5. The normalized spacial score (nSPS) is 11.9. The van der Waals surface area contributed by atoms with Gasteiger partial charge in [-0.2, -0.15) is 5.26 Å². The molecule has 0 radical (unpaired) electrons. The van der Waals surface area contributed by atoms with Crippen LogP contribution in [0.4, 0.5) is 0 Å². The van der Waals surface area contributed by atoms with Gasteiger partial charge in [-0.25, -0.2) is 0 Å². The van der Waals surface area contributed by atoms with Crippen LogP contribution in [0.2, 0.25) is 0 Å². The first-order valence-corrected chi connectivity index (χ1v) is 21.5. The molecule has 0 atom stereocenters. The molecular weight excluding hydrogens is 621 g/mol. The van der Waals surface area contributed by atoms with Crippen molar-refractivity contribution in [2.24, 2.45) is 4.99 Å². The van der Waals surface area contributed by atoms with E-state index >= 15 is 0 Å². The molecule has 0 aromatic rings. The maximum absolute atomic E-state index is 12.8. The van der Waals surface area contributed by atoms with E-state index in [1.165, 1.54) is 135 Å². The topological polar surface area (TPSA) is 93.0 Å². The van der Waals surface area contributed by atoms with Gasteiger partial charge in [-0.3, -0.25) is 4.79 Å². The summed E-state index contributed by atoms with van der Waals surface area (Å²) >= 11 is 0. The second-order valence-electron chi connectivity index (χ2n) is 14.9. The van der Waals surface area contributed by atoms with Gasteiger partial charge in [0.2, 0.25) is 12.2 Å². The molecule has 0 aliphatic rings. The van der Waals surface area contributed by atoms with Gasteiger partial charge in [0.25, 0.3) is 0 Å². The third-order valence-corrected chi connectivity index (χ3v) is 9.70. The summed E-state index contributed by atoms with van der Waals surface area (Å²) < 4.78 is 6.06. The molecule has 0 spiro atoms. The fraction of sp³-hybridized carbons (Fsp3) is 0.929. The molecule has 2 N–H and O–H groups in total. The van der Waals surface area contributed by atoms with Crippen molar-refractivity contribution in [3.05, 3.63) is 0 Å². The van der Waals surface area contributed by atoms with Gasteiger partial charge < -0.3 is 25.2 Å². The highest BCUT2D eigenvalue weighted by atomic mass is 16.5. The number of aliphatic imine (C=N–C) groups is 1. The Hall–Kier alpha value is -1.85. The molecule has 0 aromatic carbocycles. The average Bonchev–Trinajstić information content (AvgIpc) is 3.09. The summed E-state index contributed by atoms with van der Waals surface area (Å²) in [5.74, 6) is 0.605. The second kappa shape index (κ2) is 38.4. The number of nitriles is 1. The van der Waals surface area contributed by atoms with E-state index in [1.54, 1.807) is 0 Å². The van der Waals surface area contributed by atoms with Crippen molar-refractivity contribution >= 4 is 11.9 Å². The van der Waals surface area contributed by atoms with Crippen LogP contribution < -0.4 is 10.6 Å². The summed E-state index contributed by atoms with van der Waals surface area (Å²) in [5, 5.41) is 15.6. The van der Waals surface area contributed by atoms with E-state index in [-0.39, 0.29) is 12.1 Å². The average molecular weight is 705 g/mol. The molecule has 0 fully saturated rings. The molecule has 0 rings (SSSR count). The van der Waals surface area contributed by atoms with Gasteiger partial charge >= 0.3 is 5.97 Å². The zero-order valence-electron chi connectivity index (χ0n) is 34.0. The smallest absolute Gasteiger partial charge is 0.306 e. The predicted octanol–water partition coefficient (Wildman–Crippen LogP) is 10.4. The maximum atomic E-state index is 12.8. The van der Waals surface area contributed by atoms with Crippen LogP contribution in [0.5, 0.6) is 0 Å². The Kier molecular flexibility index (Phi) is 37.0. The van der Waals surface area contributed by atoms with Crippen LogP contribution >= 0.6 is 0 Å². The Balaban J connectivity index is 4.48. The van der Waals surface area contributed by atoms with Gasteiger partial charge in [0.05, 0.1) is 0 Å². The van der Waals surface area contributed by atoms with Crippen LogP contribution in [0.15, 0.2) is 4.99 Å². The zero-order chi connectivity index (χ0) is 36.8. The molecule has 0 bridgehead atoms. The highest BCUT2D eigenvalue weighted by molar-refractivity contribution is 5.80. The van der Waals surface area contributed by atoms with E-state index in [0.29, 0.717) is 12.4 Å². The second-order valence-corrected chi connectivity index (χ2v) is 14.9. The van der Waals surface area contributed by atoms with Crippen molar-refractivity contribution in [3.63, 3.8) is 0 Å². The molecule has 0 aliphatic carbocycles. The lowest BCUT2D eigenvalue weighted by Gasteiger charge is -2.23. The molecule has 50 heavy (non-hydrogen) atoms. The Morgan fingerprint density at radius 3 is 1.54 bits per heavy atom. The van der Waals surface area contributed by atoms with Gasteiger partial charge in [0, 0.05) is 26.1 Å². The summed E-state index contributed by atoms with van der Waals surface area (Å²) in [6.45, 7) is 12.6. The minimum Gasteiger partial charge on any atom is -0.462 e. The number of carbonyl (C=O) groups excluding carboxylic acids is 1. The first kappa shape index (κ1) is 48.1. The summed E-state index contributed by atoms with van der Waals surface area (Å²) in [7, 11) is 4.08. The molecule has 8 heteroatoms. The van der Waals surface area contributed by atoms with Gasteiger partial charge in [0.15, 0.2) is 0 Å². The summed E-state index contributed by atoms with van der Waals surface area (Å²) in [5.41, 5.74) is 0. The van der Waals surface area contributed by atoms with Gasteiger partial charge in [0.1, 0.15) is 6.10 Å². The molecule has 0 unspecified atom stereocenters. The number of carbonyl (C=O) groups is 1. The highest BCUT2D eigenvalue weighted by Gasteiger charge is 2.14. The van der Waals surface area contributed by atoms with Crippen LogP contribution in [0.1, 0.15) is 194 Å². The fourth-order valence-corrected chi connectivity index (χ4v) is 6.50. The summed E-state index contributed by atoms with van der Waals surface area (Å²) in [6, 6.07) is 0. The fourth-order valence-electron chi connectivity index (χ4n) is 6.50. The minimum atomic E-state index is 0.0292. The number of ether oxygens (including phenoxy) is 1. The van der Waals surface area contributed by atoms with Crippen LogP contribution in [-0.2, 0) is 9.53 Å².